The number of aromatic nitrogens is 1. The van der Waals surface area contributed by atoms with Gasteiger partial charge in [0.2, 0.25) is 0 Å². The Morgan fingerprint density at radius 2 is 1.61 bits per heavy atom. The van der Waals surface area contributed by atoms with Gasteiger partial charge in [-0.15, -0.1) is 0 Å². The van der Waals surface area contributed by atoms with Crippen molar-refractivity contribution in [2.75, 3.05) is 0 Å². The highest BCUT2D eigenvalue weighted by atomic mass is 31.2. The largest absolute Gasteiger partial charge is 0.778 e. The fraction of sp³-hybridized carbons (Fsp3) is 0.214. The van der Waals surface area contributed by atoms with Crippen molar-refractivity contribution in [3.63, 3.8) is 0 Å². The average molecular weight is 357 g/mol. The molecule has 0 saturated heterocycles. The van der Waals surface area contributed by atoms with Gasteiger partial charge in [0, 0.05) is 18.1 Å². The van der Waals surface area contributed by atoms with Crippen LogP contribution in [0.1, 0.15) is 11.1 Å². The molecule has 3 N–H and O–H groups in total. The molecule has 0 spiro atoms. The van der Waals surface area contributed by atoms with E-state index in [1.54, 1.807) is 12.3 Å². The summed E-state index contributed by atoms with van der Waals surface area (Å²) in [5, 5.41) is -2.16. The van der Waals surface area contributed by atoms with Crippen LogP contribution >= 0.6 is 15.2 Å². The molecule has 0 aliphatic heterocycles. The number of nitrogens with zero attached hydrogens (tertiary/aromatic N) is 1. The second kappa shape index (κ2) is 7.05. The molecule has 1 aromatic heterocycles. The van der Waals surface area contributed by atoms with Gasteiger partial charge >= 0.3 is 7.60 Å². The topological polar surface area (TPSA) is 122 Å². The molecule has 0 radical (unpaired) electrons. The van der Waals surface area contributed by atoms with Gasteiger partial charge in [-0.05, 0) is 11.6 Å². The lowest BCUT2D eigenvalue weighted by Gasteiger charge is -2.25. The Labute approximate surface area is 133 Å². The van der Waals surface area contributed by atoms with E-state index in [0.29, 0.717) is 6.42 Å². The van der Waals surface area contributed by atoms with Crippen molar-refractivity contribution in [1.82, 2.24) is 0 Å². The molecular formula is C14H17NO6P2. The van der Waals surface area contributed by atoms with Crippen molar-refractivity contribution in [2.24, 2.45) is 0 Å². The van der Waals surface area contributed by atoms with Crippen molar-refractivity contribution in [3.05, 3.63) is 66.0 Å². The Morgan fingerprint density at radius 3 is 2.17 bits per heavy atom. The quantitative estimate of drug-likeness (QED) is 0.515. The number of benzene rings is 1. The van der Waals surface area contributed by atoms with Gasteiger partial charge in [0.05, 0.1) is 0 Å². The van der Waals surface area contributed by atoms with E-state index in [4.69, 9.17) is 14.7 Å². The summed E-state index contributed by atoms with van der Waals surface area (Å²) in [6.45, 7) is -0.524. The highest BCUT2D eigenvalue weighted by Crippen LogP contribution is 2.57. The maximum Gasteiger partial charge on any atom is 0.343 e. The lowest BCUT2D eigenvalue weighted by molar-refractivity contribution is -0.695. The molecule has 0 aliphatic rings. The van der Waals surface area contributed by atoms with Crippen LogP contribution in [0.15, 0.2) is 54.9 Å². The standard InChI is InChI=1S/C14H17NO6P2/c16-22(17,18)14(23(19,20)21)11-15-8-4-7-13(10-15)9-12-5-2-1-3-6-12/h1-8,10,14H,9,11H2,(H3-,16,17,18,19,20,21). The molecule has 2 unspecified atom stereocenters. The monoisotopic (exact) mass is 357 g/mol. The molecule has 1 heterocycles. The van der Waals surface area contributed by atoms with Crippen molar-refractivity contribution >= 4 is 15.2 Å². The van der Waals surface area contributed by atoms with Crippen LogP contribution in [-0.4, -0.2) is 20.1 Å². The van der Waals surface area contributed by atoms with Crippen LogP contribution < -0.4 is 9.46 Å². The van der Waals surface area contributed by atoms with Gasteiger partial charge in [-0.1, -0.05) is 30.3 Å². The van der Waals surface area contributed by atoms with Gasteiger partial charge in [-0.25, -0.2) is 4.57 Å². The molecule has 0 fully saturated rings. The summed E-state index contributed by atoms with van der Waals surface area (Å²) in [6, 6.07) is 13.1. The third-order valence-corrected chi connectivity index (χ3v) is 6.94. The summed E-state index contributed by atoms with van der Waals surface area (Å²) >= 11 is 0. The summed E-state index contributed by atoms with van der Waals surface area (Å²) in [5.41, 5.74) is 1.90. The summed E-state index contributed by atoms with van der Waals surface area (Å²) < 4.78 is 23.9. The SMILES string of the molecule is O=P([O-])(O)C(C[n+]1cccc(Cc2ccccc2)c1)P(=O)(O)O. The van der Waals surface area contributed by atoms with E-state index < -0.39 is 27.1 Å². The van der Waals surface area contributed by atoms with Crippen molar-refractivity contribution in [2.45, 2.75) is 18.4 Å². The van der Waals surface area contributed by atoms with Gasteiger partial charge in [0.15, 0.2) is 31.9 Å². The molecule has 0 aliphatic carbocycles. The predicted molar refractivity (Wildman–Crippen MR) is 81.5 cm³/mol. The van der Waals surface area contributed by atoms with E-state index >= 15 is 0 Å². The fourth-order valence-electron chi connectivity index (χ4n) is 2.21. The third-order valence-electron chi connectivity index (χ3n) is 3.31. The Kier molecular flexibility index (Phi) is 5.53. The lowest BCUT2D eigenvalue weighted by Crippen LogP contribution is -2.40. The van der Waals surface area contributed by atoms with E-state index in [1.807, 2.05) is 36.4 Å². The van der Waals surface area contributed by atoms with Crippen molar-refractivity contribution in [1.29, 1.82) is 0 Å². The molecule has 2 rings (SSSR count). The number of hydrogen-bond donors (Lipinski definition) is 3. The zero-order valence-electron chi connectivity index (χ0n) is 12.1. The van der Waals surface area contributed by atoms with E-state index in [0.717, 1.165) is 11.1 Å². The molecule has 23 heavy (non-hydrogen) atoms. The van der Waals surface area contributed by atoms with E-state index in [-0.39, 0.29) is 0 Å². The summed E-state index contributed by atoms with van der Waals surface area (Å²) in [7, 11) is -10.2. The van der Waals surface area contributed by atoms with Crippen LogP contribution in [0.25, 0.3) is 0 Å². The molecule has 7 nitrogen and oxygen atoms in total. The molecule has 0 saturated carbocycles. The minimum atomic E-state index is -5.18. The van der Waals surface area contributed by atoms with Gasteiger partial charge in [0.25, 0.3) is 0 Å². The van der Waals surface area contributed by atoms with Crippen molar-refractivity contribution < 1.29 is 33.3 Å². The van der Waals surface area contributed by atoms with Gasteiger partial charge < -0.3 is 24.1 Å². The van der Waals surface area contributed by atoms with Crippen molar-refractivity contribution in [3.8, 4) is 0 Å². The minimum Gasteiger partial charge on any atom is -0.778 e. The van der Waals surface area contributed by atoms with E-state index in [1.165, 1.54) is 10.8 Å². The van der Waals surface area contributed by atoms with Crippen LogP contribution in [0.5, 0.6) is 0 Å². The molecular weight excluding hydrogens is 340 g/mol. The maximum atomic E-state index is 11.3. The Morgan fingerprint density at radius 1 is 1.00 bits per heavy atom. The zero-order valence-corrected chi connectivity index (χ0v) is 13.9. The third kappa shape index (κ3) is 5.36. The normalized spacial score (nSPS) is 15.8. The number of rotatable bonds is 6. The first-order valence-electron chi connectivity index (χ1n) is 6.77. The van der Waals surface area contributed by atoms with Crippen LogP contribution in [0.2, 0.25) is 0 Å². The number of hydrogen-bond acceptors (Lipinski definition) is 3. The van der Waals surface area contributed by atoms with Gasteiger partial charge in [0.1, 0.15) is 0 Å². The average Bonchev–Trinajstić information content (AvgIpc) is 2.44. The summed E-state index contributed by atoms with van der Waals surface area (Å²) in [6.07, 6.45) is 3.69. The highest BCUT2D eigenvalue weighted by molar-refractivity contribution is 7.70. The smallest absolute Gasteiger partial charge is 0.343 e. The molecule has 2 atom stereocenters. The first-order chi connectivity index (χ1) is 10.7. The summed E-state index contributed by atoms with van der Waals surface area (Å²) in [5.74, 6) is 0. The molecule has 2 aromatic rings. The van der Waals surface area contributed by atoms with Crippen LogP contribution in [0.3, 0.4) is 0 Å². The van der Waals surface area contributed by atoms with Gasteiger partial charge in [-0.2, -0.15) is 0 Å². The maximum absolute atomic E-state index is 11.3. The molecule has 1 aromatic carbocycles. The fourth-order valence-corrected chi connectivity index (χ4v) is 4.53. The lowest BCUT2D eigenvalue weighted by atomic mass is 10.1. The zero-order chi connectivity index (χ0) is 17.1. The highest BCUT2D eigenvalue weighted by Gasteiger charge is 2.40. The van der Waals surface area contributed by atoms with Crippen LogP contribution in [0, 0.1) is 0 Å². The van der Waals surface area contributed by atoms with Crippen LogP contribution in [0.4, 0.5) is 0 Å². The first kappa shape index (κ1) is 18.0. The summed E-state index contributed by atoms with van der Waals surface area (Å²) in [4.78, 5) is 38.6. The van der Waals surface area contributed by atoms with E-state index in [9.17, 15) is 14.0 Å². The molecule has 0 amide bonds. The number of pyridine rings is 1. The second-order valence-electron chi connectivity index (χ2n) is 5.21. The van der Waals surface area contributed by atoms with Crippen LogP contribution in [-0.2, 0) is 22.1 Å². The Hall–Kier alpha value is -1.33. The van der Waals surface area contributed by atoms with Gasteiger partial charge in [-0.3, -0.25) is 4.57 Å². The molecule has 9 heteroatoms. The minimum absolute atomic E-state index is 0.524. The molecule has 124 valence electrons. The second-order valence-corrected chi connectivity index (χ2v) is 9.17. The Balaban J connectivity index is 2.22. The van der Waals surface area contributed by atoms with E-state index in [2.05, 4.69) is 0 Å². The predicted octanol–water partition coefficient (Wildman–Crippen LogP) is 0.614. The molecule has 0 bridgehead atoms. The Bertz CT molecular complexity index is 733. The first-order valence-corrected chi connectivity index (χ1v) is 10.1.